The summed E-state index contributed by atoms with van der Waals surface area (Å²) < 4.78 is 5.39. The molecular weight excluding hydrogens is 248 g/mol. The highest BCUT2D eigenvalue weighted by Crippen LogP contribution is 2.14. The number of hydrogen-bond acceptors (Lipinski definition) is 3. The van der Waals surface area contributed by atoms with Crippen LogP contribution >= 0.6 is 11.6 Å². The van der Waals surface area contributed by atoms with Crippen LogP contribution in [0, 0.1) is 0 Å². The molecule has 3 nitrogen and oxygen atoms in total. The van der Waals surface area contributed by atoms with Gasteiger partial charge in [0.15, 0.2) is 0 Å². The maximum Gasteiger partial charge on any atom is 0.126 e. The Balaban J connectivity index is 1.91. The third-order valence-corrected chi connectivity index (χ3v) is 2.66. The van der Waals surface area contributed by atoms with Gasteiger partial charge >= 0.3 is 0 Å². The van der Waals surface area contributed by atoms with E-state index in [4.69, 9.17) is 16.3 Å². The van der Waals surface area contributed by atoms with Gasteiger partial charge in [-0.1, -0.05) is 23.7 Å². The largest absolute Gasteiger partial charge is 0.494 e. The molecule has 0 amide bonds. The Morgan fingerprint density at radius 3 is 2.56 bits per heavy atom. The van der Waals surface area contributed by atoms with Crippen molar-refractivity contribution in [3.8, 4) is 5.75 Å². The van der Waals surface area contributed by atoms with E-state index in [1.807, 2.05) is 43.3 Å². The number of rotatable bonds is 5. The summed E-state index contributed by atoms with van der Waals surface area (Å²) in [5, 5.41) is 3.87. The molecule has 0 unspecified atom stereocenters. The summed E-state index contributed by atoms with van der Waals surface area (Å²) in [5.41, 5.74) is 1.18. The zero-order valence-electron chi connectivity index (χ0n) is 10.2. The first-order valence-electron chi connectivity index (χ1n) is 5.85. The fourth-order valence-electron chi connectivity index (χ4n) is 1.54. The SMILES string of the molecule is CCOc1ccc(CNc2ccc(Cl)cn2)cc1. The van der Waals surface area contributed by atoms with Gasteiger partial charge in [-0.15, -0.1) is 0 Å². The van der Waals surface area contributed by atoms with Crippen LogP contribution in [-0.2, 0) is 6.54 Å². The summed E-state index contributed by atoms with van der Waals surface area (Å²) in [5.74, 6) is 1.71. The molecule has 0 aliphatic heterocycles. The maximum absolute atomic E-state index is 5.77. The van der Waals surface area contributed by atoms with E-state index < -0.39 is 0 Å². The second-order valence-electron chi connectivity index (χ2n) is 3.79. The van der Waals surface area contributed by atoms with Crippen molar-refractivity contribution in [2.24, 2.45) is 0 Å². The normalized spacial score (nSPS) is 10.1. The third-order valence-electron chi connectivity index (χ3n) is 2.44. The van der Waals surface area contributed by atoms with E-state index in [0.29, 0.717) is 11.6 Å². The van der Waals surface area contributed by atoms with Crippen LogP contribution in [0.2, 0.25) is 5.02 Å². The maximum atomic E-state index is 5.77. The van der Waals surface area contributed by atoms with Crippen LogP contribution < -0.4 is 10.1 Å². The molecule has 0 atom stereocenters. The van der Waals surface area contributed by atoms with E-state index in [-0.39, 0.29) is 0 Å². The smallest absolute Gasteiger partial charge is 0.126 e. The number of halogens is 1. The zero-order chi connectivity index (χ0) is 12.8. The van der Waals surface area contributed by atoms with Gasteiger partial charge in [-0.25, -0.2) is 4.98 Å². The lowest BCUT2D eigenvalue weighted by Crippen LogP contribution is -2.01. The molecule has 0 saturated carbocycles. The van der Waals surface area contributed by atoms with Gasteiger partial charge in [-0.05, 0) is 36.8 Å². The van der Waals surface area contributed by atoms with Crippen molar-refractivity contribution in [3.05, 3.63) is 53.2 Å². The lowest BCUT2D eigenvalue weighted by Gasteiger charge is -2.07. The minimum Gasteiger partial charge on any atom is -0.494 e. The molecule has 1 N–H and O–H groups in total. The Hall–Kier alpha value is -1.74. The first kappa shape index (κ1) is 12.7. The van der Waals surface area contributed by atoms with Gasteiger partial charge in [0.2, 0.25) is 0 Å². The summed E-state index contributed by atoms with van der Waals surface area (Å²) in [6, 6.07) is 11.7. The van der Waals surface area contributed by atoms with Crippen LogP contribution in [0.15, 0.2) is 42.6 Å². The first-order valence-corrected chi connectivity index (χ1v) is 6.23. The molecule has 1 heterocycles. The average molecular weight is 263 g/mol. The quantitative estimate of drug-likeness (QED) is 0.891. The molecule has 2 rings (SSSR count). The second kappa shape index (κ2) is 6.26. The number of pyridine rings is 1. The van der Waals surface area contributed by atoms with Crippen LogP contribution in [0.5, 0.6) is 5.75 Å². The number of aromatic nitrogens is 1. The van der Waals surface area contributed by atoms with Crippen molar-refractivity contribution in [2.75, 3.05) is 11.9 Å². The van der Waals surface area contributed by atoms with Crippen LogP contribution in [-0.4, -0.2) is 11.6 Å². The predicted molar refractivity (Wildman–Crippen MR) is 74.2 cm³/mol. The fourth-order valence-corrected chi connectivity index (χ4v) is 1.65. The monoisotopic (exact) mass is 262 g/mol. The molecule has 0 bridgehead atoms. The van der Waals surface area contributed by atoms with Crippen molar-refractivity contribution in [1.29, 1.82) is 0 Å². The highest BCUT2D eigenvalue weighted by molar-refractivity contribution is 6.30. The summed E-state index contributed by atoms with van der Waals surface area (Å²) >= 11 is 5.77. The molecule has 0 aliphatic rings. The molecule has 0 radical (unpaired) electrons. The van der Waals surface area contributed by atoms with E-state index in [1.165, 1.54) is 5.56 Å². The van der Waals surface area contributed by atoms with Gasteiger partial charge < -0.3 is 10.1 Å². The van der Waals surface area contributed by atoms with E-state index >= 15 is 0 Å². The third kappa shape index (κ3) is 3.64. The standard InChI is InChI=1S/C14H15ClN2O/c1-2-18-13-6-3-11(4-7-13)9-16-14-8-5-12(15)10-17-14/h3-8,10H,2,9H2,1H3,(H,16,17). The highest BCUT2D eigenvalue weighted by Gasteiger charge is 1.97. The molecule has 0 saturated heterocycles. The Kier molecular flexibility index (Phi) is 4.42. The predicted octanol–water partition coefficient (Wildman–Crippen LogP) is 3.75. The molecular formula is C14H15ClN2O. The molecule has 18 heavy (non-hydrogen) atoms. The number of nitrogens with zero attached hydrogens (tertiary/aromatic N) is 1. The molecule has 0 fully saturated rings. The Morgan fingerprint density at radius 1 is 1.17 bits per heavy atom. The van der Waals surface area contributed by atoms with E-state index in [9.17, 15) is 0 Å². The minimum absolute atomic E-state index is 0.640. The number of nitrogens with one attached hydrogen (secondary N) is 1. The summed E-state index contributed by atoms with van der Waals surface area (Å²) in [4.78, 5) is 4.17. The molecule has 4 heteroatoms. The lowest BCUT2D eigenvalue weighted by molar-refractivity contribution is 0.340. The van der Waals surface area contributed by atoms with Crippen molar-refractivity contribution in [1.82, 2.24) is 4.98 Å². The van der Waals surface area contributed by atoms with Crippen molar-refractivity contribution in [2.45, 2.75) is 13.5 Å². The Labute approximate surface area is 112 Å². The Morgan fingerprint density at radius 2 is 1.94 bits per heavy atom. The average Bonchev–Trinajstić information content (AvgIpc) is 2.40. The summed E-state index contributed by atoms with van der Waals surface area (Å²) in [6.07, 6.45) is 1.63. The van der Waals surface area contributed by atoms with Crippen LogP contribution in [0.25, 0.3) is 0 Å². The highest BCUT2D eigenvalue weighted by atomic mass is 35.5. The lowest BCUT2D eigenvalue weighted by atomic mass is 10.2. The van der Waals surface area contributed by atoms with Crippen molar-refractivity contribution >= 4 is 17.4 Å². The fraction of sp³-hybridized carbons (Fsp3) is 0.214. The van der Waals surface area contributed by atoms with Crippen LogP contribution in [0.3, 0.4) is 0 Å². The summed E-state index contributed by atoms with van der Waals surface area (Å²) in [7, 11) is 0. The number of anilines is 1. The van der Waals surface area contributed by atoms with E-state index in [0.717, 1.165) is 18.1 Å². The molecule has 94 valence electrons. The second-order valence-corrected chi connectivity index (χ2v) is 4.23. The van der Waals surface area contributed by atoms with E-state index in [1.54, 1.807) is 6.20 Å². The zero-order valence-corrected chi connectivity index (χ0v) is 10.9. The van der Waals surface area contributed by atoms with E-state index in [2.05, 4.69) is 10.3 Å². The number of benzene rings is 1. The molecule has 1 aromatic carbocycles. The van der Waals surface area contributed by atoms with Gasteiger partial charge in [0, 0.05) is 12.7 Å². The number of hydrogen-bond donors (Lipinski definition) is 1. The van der Waals surface area contributed by atoms with Gasteiger partial charge in [0.05, 0.1) is 11.6 Å². The number of ether oxygens (including phenoxy) is 1. The molecule has 0 aliphatic carbocycles. The van der Waals surface area contributed by atoms with Crippen LogP contribution in [0.4, 0.5) is 5.82 Å². The van der Waals surface area contributed by atoms with Crippen molar-refractivity contribution in [3.63, 3.8) is 0 Å². The molecule has 1 aromatic heterocycles. The van der Waals surface area contributed by atoms with Gasteiger partial charge in [0.1, 0.15) is 11.6 Å². The topological polar surface area (TPSA) is 34.1 Å². The summed E-state index contributed by atoms with van der Waals surface area (Å²) in [6.45, 7) is 3.38. The van der Waals surface area contributed by atoms with Gasteiger partial charge in [0.25, 0.3) is 0 Å². The van der Waals surface area contributed by atoms with Crippen molar-refractivity contribution < 1.29 is 4.74 Å². The van der Waals surface area contributed by atoms with Gasteiger partial charge in [-0.3, -0.25) is 0 Å². The molecule has 2 aromatic rings. The molecule has 0 spiro atoms. The van der Waals surface area contributed by atoms with Gasteiger partial charge in [-0.2, -0.15) is 0 Å². The first-order chi connectivity index (χ1) is 8.78. The van der Waals surface area contributed by atoms with Crippen LogP contribution in [0.1, 0.15) is 12.5 Å². The Bertz CT molecular complexity index is 482. The minimum atomic E-state index is 0.640.